The molecule has 18 nitrogen and oxygen atoms in total. The minimum Gasteiger partial charge on any atom is -0.453 e. The SMILES string of the molecule is COC(=O)N1CC(c2nc(-c3ccc(C)c(NC(=O)c4cnc5ccccn45)c3)no2)C1.Cc1ccc(-c2noc(C3CNC3)n2)cc1NC(=O)c1cnc2ccccn12.F.FF.FF.FF.FF.FF.FF.FF. The number of anilines is 2. The van der Waals surface area contributed by atoms with E-state index in [-0.39, 0.29) is 34.4 Å². The number of ether oxygens (including phenoxy) is 1. The number of hydrogen-bond donors (Lipinski definition) is 3. The fraction of sp³-hybridized carbons (Fsp3) is 0.214. The highest BCUT2D eigenvalue weighted by molar-refractivity contribution is 6.05. The molecule has 8 aromatic rings. The van der Waals surface area contributed by atoms with Crippen LogP contribution < -0.4 is 16.0 Å². The number of carbonyl (C=O) groups excluding carboxylic acids is 3. The number of pyridine rings is 2. The third-order valence-electron chi connectivity index (χ3n) is 10.5. The number of methoxy groups -OCH3 is 1. The second-order valence-electron chi connectivity index (χ2n) is 14.5. The molecule has 408 valence electrons. The van der Waals surface area contributed by atoms with Gasteiger partial charge in [0.15, 0.2) is 0 Å². The Hall–Kier alpha value is -8.78. The zero-order valence-corrected chi connectivity index (χ0v) is 38.4. The summed E-state index contributed by atoms with van der Waals surface area (Å²) in [6.45, 7) is 6.51. The van der Waals surface area contributed by atoms with E-state index in [0.717, 1.165) is 35.4 Å². The van der Waals surface area contributed by atoms with E-state index in [4.69, 9.17) is 77.8 Å². The number of imidazole rings is 2. The molecular formula is C42H39F15N12O6. The van der Waals surface area contributed by atoms with Crippen LogP contribution >= 0.6 is 0 Å². The van der Waals surface area contributed by atoms with Crippen molar-refractivity contribution < 1.29 is 96.9 Å². The number of rotatable bonds is 8. The molecule has 0 spiro atoms. The van der Waals surface area contributed by atoms with E-state index in [0.29, 0.717) is 70.5 Å². The zero-order valence-electron chi connectivity index (χ0n) is 38.4. The molecule has 0 radical (unpaired) electrons. The van der Waals surface area contributed by atoms with Crippen LogP contribution in [0.5, 0.6) is 0 Å². The van der Waals surface area contributed by atoms with Crippen molar-refractivity contribution in [2.75, 3.05) is 43.9 Å². The smallest absolute Gasteiger partial charge is 0.409 e. The summed E-state index contributed by atoms with van der Waals surface area (Å²) in [5, 5.41) is 17.3. The first-order chi connectivity index (χ1) is 36.2. The van der Waals surface area contributed by atoms with E-state index in [2.05, 4.69) is 46.2 Å². The largest absolute Gasteiger partial charge is 0.453 e. The molecular weight excluding hydrogens is 1050 g/mol. The monoisotopic (exact) mass is 1090 g/mol. The van der Waals surface area contributed by atoms with Crippen molar-refractivity contribution in [1.82, 2.24) is 49.3 Å². The molecule has 2 aromatic carbocycles. The number of amides is 3. The lowest BCUT2D eigenvalue weighted by atomic mass is 10.0. The zero-order chi connectivity index (χ0) is 55.3. The number of likely N-dealkylation sites (tertiary alicyclic amines) is 1. The second kappa shape index (κ2) is 33.8. The summed E-state index contributed by atoms with van der Waals surface area (Å²) in [4.78, 5) is 56.3. The predicted octanol–water partition coefficient (Wildman–Crippen LogP) is 11.8. The second-order valence-corrected chi connectivity index (χ2v) is 14.5. The van der Waals surface area contributed by atoms with E-state index in [1.807, 2.05) is 92.8 Å². The van der Waals surface area contributed by atoms with Gasteiger partial charge < -0.3 is 34.6 Å². The summed E-state index contributed by atoms with van der Waals surface area (Å²) in [5.74, 6) is 1.82. The van der Waals surface area contributed by atoms with E-state index >= 15 is 0 Å². The lowest BCUT2D eigenvalue weighted by Gasteiger charge is -2.35. The number of nitrogens with zero attached hydrogens (tertiary/aromatic N) is 9. The van der Waals surface area contributed by atoms with Gasteiger partial charge in [0.1, 0.15) is 22.7 Å². The van der Waals surface area contributed by atoms with Crippen LogP contribution in [0, 0.1) is 13.8 Å². The van der Waals surface area contributed by atoms with Crippen molar-refractivity contribution in [3.63, 3.8) is 0 Å². The van der Waals surface area contributed by atoms with Crippen LogP contribution in [0.3, 0.4) is 0 Å². The van der Waals surface area contributed by atoms with E-state index in [1.54, 1.807) is 32.3 Å². The first-order valence-electron chi connectivity index (χ1n) is 20.1. The van der Waals surface area contributed by atoms with Gasteiger partial charge in [0.25, 0.3) is 11.8 Å². The van der Waals surface area contributed by atoms with E-state index < -0.39 is 0 Å². The van der Waals surface area contributed by atoms with Crippen molar-refractivity contribution >= 4 is 40.6 Å². The molecule has 2 saturated heterocycles. The number of benzene rings is 2. The fourth-order valence-corrected chi connectivity index (χ4v) is 6.78. The minimum absolute atomic E-state index is 0. The van der Waals surface area contributed by atoms with Crippen LogP contribution in [0.4, 0.5) is 84.9 Å². The number of aromatic nitrogens is 8. The fourth-order valence-electron chi connectivity index (χ4n) is 6.78. The standard InChI is InChI=1S/C22H20N6O4.C20H18N6O2.7F2.FH/c1-13-6-7-14(19-25-21(32-26-19)15-11-27(12-15)22(30)31-2)9-16(13)24-20(29)17-10-23-18-5-3-4-8-28(17)18;1-12-5-6-13(18-24-20(28-25-18)14-9-21-10-14)8-15(12)23-19(27)16-11-22-17-4-2-3-7-26(16)17;7*1-2;/h3-10,15H,11-12H2,1-2H3,(H,24,29);2-8,11,14,21H,9-10H2,1H3,(H,23,27);;;;;;;;1H. The van der Waals surface area contributed by atoms with Gasteiger partial charge in [-0.1, -0.05) is 46.7 Å². The average Bonchev–Trinajstić information content (AvgIpc) is 4.29. The van der Waals surface area contributed by atoms with Crippen LogP contribution in [-0.4, -0.2) is 95.1 Å². The molecule has 3 N–H and O–H groups in total. The Kier molecular flexibility index (Phi) is 28.9. The molecule has 0 bridgehead atoms. The maximum atomic E-state index is 12.9. The number of fused-ring (bicyclic) bond motifs is 2. The summed E-state index contributed by atoms with van der Waals surface area (Å²) in [5.41, 5.74) is 7.02. The topological polar surface area (TPSA) is 212 Å². The Labute approximate surface area is 410 Å². The van der Waals surface area contributed by atoms with Crippen LogP contribution in [0.2, 0.25) is 0 Å². The van der Waals surface area contributed by atoms with Gasteiger partial charge in [0.2, 0.25) is 23.4 Å². The van der Waals surface area contributed by atoms with Crippen LogP contribution in [-0.2, 0) is 4.74 Å². The molecule has 0 atom stereocenters. The van der Waals surface area contributed by atoms with Crippen molar-refractivity contribution in [2.24, 2.45) is 0 Å². The molecule has 2 aliphatic rings. The van der Waals surface area contributed by atoms with Crippen LogP contribution in [0.25, 0.3) is 34.1 Å². The Morgan fingerprint density at radius 3 is 1.37 bits per heavy atom. The Bertz CT molecular complexity index is 2940. The quantitative estimate of drug-likeness (QED) is 0.121. The van der Waals surface area contributed by atoms with E-state index in [9.17, 15) is 14.4 Å². The third kappa shape index (κ3) is 16.1. The van der Waals surface area contributed by atoms with Gasteiger partial charge in [-0.2, -0.15) is 9.97 Å². The summed E-state index contributed by atoms with van der Waals surface area (Å²) < 4.78 is 131. The number of halogens is 15. The van der Waals surface area contributed by atoms with Crippen LogP contribution in [0.1, 0.15) is 55.7 Å². The number of hydrogen-bond acceptors (Lipinski definition) is 13. The van der Waals surface area contributed by atoms with Gasteiger partial charge in [-0.3, -0.25) is 23.1 Å². The molecule has 0 unspecified atom stereocenters. The number of aryl methyl sites for hydroxylation is 2. The maximum absolute atomic E-state index is 12.9. The molecule has 8 heterocycles. The van der Waals surface area contributed by atoms with Crippen molar-refractivity contribution in [3.8, 4) is 22.8 Å². The molecule has 0 saturated carbocycles. The normalized spacial score (nSPS) is 11.7. The highest BCUT2D eigenvalue weighted by atomic mass is 20.0. The first-order valence-corrected chi connectivity index (χ1v) is 20.1. The lowest BCUT2D eigenvalue weighted by molar-refractivity contribution is 0.0804. The molecule has 2 aliphatic heterocycles. The summed E-state index contributed by atoms with van der Waals surface area (Å²) in [6.07, 6.45) is 6.36. The maximum Gasteiger partial charge on any atom is 0.409 e. The Balaban J connectivity index is 0.000000605. The average molecular weight is 1090 g/mol. The Morgan fingerprint density at radius 2 is 1.00 bits per heavy atom. The first kappa shape index (κ1) is 64.2. The summed E-state index contributed by atoms with van der Waals surface area (Å²) >= 11 is 0. The van der Waals surface area contributed by atoms with Gasteiger partial charge in [-0.15, -0.1) is 0 Å². The van der Waals surface area contributed by atoms with Gasteiger partial charge in [-0.05, 0) is 61.4 Å². The number of carbonyl (C=O) groups is 3. The molecule has 33 heteroatoms. The molecule has 2 fully saturated rings. The molecule has 6 aromatic heterocycles. The number of nitrogens with one attached hydrogen (secondary N) is 3. The summed E-state index contributed by atoms with van der Waals surface area (Å²) in [6, 6.07) is 22.4. The summed E-state index contributed by atoms with van der Waals surface area (Å²) in [7, 11) is 1.35. The highest BCUT2D eigenvalue weighted by Gasteiger charge is 2.36. The highest BCUT2D eigenvalue weighted by Crippen LogP contribution is 2.30. The Morgan fingerprint density at radius 1 is 0.600 bits per heavy atom. The van der Waals surface area contributed by atoms with Crippen molar-refractivity contribution in [2.45, 2.75) is 25.7 Å². The molecule has 10 rings (SSSR count). The van der Waals surface area contributed by atoms with Gasteiger partial charge in [0, 0.05) is 125 Å². The van der Waals surface area contributed by atoms with Crippen molar-refractivity contribution in [1.29, 1.82) is 0 Å². The molecule has 0 aliphatic carbocycles. The predicted molar refractivity (Wildman–Crippen MR) is 236 cm³/mol. The molecule has 75 heavy (non-hydrogen) atoms. The lowest BCUT2D eigenvalue weighted by Crippen LogP contribution is -2.48. The van der Waals surface area contributed by atoms with Crippen LogP contribution in [0.15, 0.2) is 107 Å². The third-order valence-corrected chi connectivity index (χ3v) is 10.5. The molecule has 3 amide bonds. The minimum atomic E-state index is -0.370. The van der Waals surface area contributed by atoms with Gasteiger partial charge in [-0.25, -0.2) is 14.8 Å². The van der Waals surface area contributed by atoms with Crippen molar-refractivity contribution in [3.05, 3.63) is 132 Å². The van der Waals surface area contributed by atoms with Gasteiger partial charge in [0.05, 0.1) is 31.3 Å². The van der Waals surface area contributed by atoms with Gasteiger partial charge >= 0.3 is 6.09 Å². The van der Waals surface area contributed by atoms with E-state index in [1.165, 1.54) is 7.11 Å².